The third-order valence-electron chi connectivity index (χ3n) is 3.51. The fourth-order valence-electron chi connectivity index (χ4n) is 2.49. The molecule has 2 fully saturated rings. The molecule has 2 aliphatic heterocycles. The molecule has 0 aromatic heterocycles. The number of likely N-dealkylation sites (tertiary alicyclic amines) is 1. The molecule has 0 amide bonds. The van der Waals surface area contributed by atoms with Crippen LogP contribution in [-0.2, 0) is 9.53 Å². The third kappa shape index (κ3) is 1.91. The predicted octanol–water partition coefficient (Wildman–Crippen LogP) is 1.85. The molecule has 2 saturated heterocycles. The Morgan fingerprint density at radius 3 is 2.19 bits per heavy atom. The molecule has 3 unspecified atom stereocenters. The van der Waals surface area contributed by atoms with E-state index in [1.165, 1.54) is 0 Å². The Bertz CT molecular complexity index is 311. The molecule has 0 aliphatic carbocycles. The number of ketones is 1. The van der Waals surface area contributed by atoms with Crippen LogP contribution in [0.3, 0.4) is 0 Å². The van der Waals surface area contributed by atoms with Gasteiger partial charge in [-0.1, -0.05) is 20.8 Å². The van der Waals surface area contributed by atoms with Gasteiger partial charge in [0.25, 0.3) is 0 Å². The first-order valence-corrected chi connectivity index (χ1v) is 6.09. The molecular weight excluding hydrogens is 202 g/mol. The van der Waals surface area contributed by atoms with E-state index in [-0.39, 0.29) is 23.1 Å². The Labute approximate surface area is 98.1 Å². The molecule has 3 atom stereocenters. The largest absolute Gasteiger partial charge is 0.366 e. The van der Waals surface area contributed by atoms with Gasteiger partial charge in [0.1, 0.15) is 6.10 Å². The minimum absolute atomic E-state index is 0.0370. The van der Waals surface area contributed by atoms with Gasteiger partial charge in [-0.15, -0.1) is 0 Å². The molecule has 3 nitrogen and oxygen atoms in total. The predicted molar refractivity (Wildman–Crippen MR) is 63.4 cm³/mol. The first kappa shape index (κ1) is 12.1. The van der Waals surface area contributed by atoms with Crippen LogP contribution >= 0.6 is 0 Å². The molecule has 2 aliphatic rings. The minimum Gasteiger partial charge on any atom is -0.366 e. The van der Waals surface area contributed by atoms with Crippen molar-refractivity contribution in [3.63, 3.8) is 0 Å². The van der Waals surface area contributed by atoms with Crippen LogP contribution in [0, 0.1) is 5.41 Å². The molecule has 0 radical (unpaired) electrons. The zero-order chi connectivity index (χ0) is 12.3. The molecule has 2 heterocycles. The van der Waals surface area contributed by atoms with Crippen LogP contribution in [0.1, 0.15) is 41.5 Å². The summed E-state index contributed by atoms with van der Waals surface area (Å²) in [6.45, 7) is 13.4. The molecule has 2 rings (SSSR count). The molecule has 0 N–H and O–H groups in total. The van der Waals surface area contributed by atoms with Gasteiger partial charge in [-0.05, 0) is 20.8 Å². The molecule has 0 bridgehead atoms. The lowest BCUT2D eigenvalue weighted by molar-refractivity contribution is -0.134. The van der Waals surface area contributed by atoms with E-state index in [0.717, 1.165) is 6.54 Å². The number of ether oxygens (including phenoxy) is 1. The number of fused-ring (bicyclic) bond motifs is 1. The van der Waals surface area contributed by atoms with Crippen molar-refractivity contribution in [2.75, 3.05) is 6.54 Å². The standard InChI is InChI=1S/C13H23NO2/c1-12(2,3)11(15)9-10-8(16-10)7-14(9)13(4,5)6/h8-10H,7H2,1-6H3. The van der Waals surface area contributed by atoms with Crippen LogP contribution in [-0.4, -0.2) is 41.0 Å². The number of carbonyl (C=O) groups excluding carboxylic acids is 1. The molecule has 0 aromatic rings. The first-order chi connectivity index (χ1) is 7.12. The van der Waals surface area contributed by atoms with Gasteiger partial charge in [-0.25, -0.2) is 0 Å². The highest BCUT2D eigenvalue weighted by molar-refractivity contribution is 5.90. The van der Waals surface area contributed by atoms with Crippen molar-refractivity contribution in [1.82, 2.24) is 4.90 Å². The maximum Gasteiger partial charge on any atom is 0.158 e. The second-order valence-electron chi connectivity index (χ2n) is 7.02. The summed E-state index contributed by atoms with van der Waals surface area (Å²) in [6.07, 6.45) is 0.460. The SMILES string of the molecule is CC(C)(C)C(=O)C1C2OC2CN1C(C)(C)C. The quantitative estimate of drug-likeness (QED) is 0.638. The van der Waals surface area contributed by atoms with Crippen molar-refractivity contribution in [2.24, 2.45) is 5.41 Å². The van der Waals surface area contributed by atoms with Gasteiger partial charge < -0.3 is 4.74 Å². The van der Waals surface area contributed by atoms with Crippen LogP contribution in [0.4, 0.5) is 0 Å². The topological polar surface area (TPSA) is 32.8 Å². The summed E-state index contributed by atoms with van der Waals surface area (Å²) in [4.78, 5) is 14.7. The summed E-state index contributed by atoms with van der Waals surface area (Å²) in [5, 5.41) is 0. The number of hydrogen-bond donors (Lipinski definition) is 0. The lowest BCUT2D eigenvalue weighted by atomic mass is 9.84. The number of morpholine rings is 1. The van der Waals surface area contributed by atoms with Gasteiger partial charge in [0.15, 0.2) is 5.78 Å². The van der Waals surface area contributed by atoms with Crippen molar-refractivity contribution in [3.05, 3.63) is 0 Å². The van der Waals surface area contributed by atoms with Gasteiger partial charge in [-0.2, -0.15) is 0 Å². The van der Waals surface area contributed by atoms with E-state index >= 15 is 0 Å². The maximum atomic E-state index is 12.4. The van der Waals surface area contributed by atoms with Crippen molar-refractivity contribution in [1.29, 1.82) is 0 Å². The van der Waals surface area contributed by atoms with Crippen LogP contribution in [0.25, 0.3) is 0 Å². The van der Waals surface area contributed by atoms with Gasteiger partial charge in [0, 0.05) is 17.5 Å². The smallest absolute Gasteiger partial charge is 0.158 e. The Hall–Kier alpha value is -0.410. The van der Waals surface area contributed by atoms with E-state index < -0.39 is 0 Å². The zero-order valence-electron chi connectivity index (χ0n) is 11.2. The van der Waals surface area contributed by atoms with Crippen molar-refractivity contribution in [2.45, 2.75) is 65.3 Å². The highest BCUT2D eigenvalue weighted by atomic mass is 16.6. The summed E-state index contributed by atoms with van der Waals surface area (Å²) in [5.74, 6) is 0.312. The van der Waals surface area contributed by atoms with E-state index in [0.29, 0.717) is 11.9 Å². The van der Waals surface area contributed by atoms with Gasteiger partial charge >= 0.3 is 0 Å². The molecule has 0 spiro atoms. The fourth-order valence-corrected chi connectivity index (χ4v) is 2.49. The fraction of sp³-hybridized carbons (Fsp3) is 0.923. The first-order valence-electron chi connectivity index (χ1n) is 6.09. The maximum absolute atomic E-state index is 12.4. The highest BCUT2D eigenvalue weighted by Crippen LogP contribution is 2.42. The number of hydrogen-bond acceptors (Lipinski definition) is 3. The molecule has 16 heavy (non-hydrogen) atoms. The molecular formula is C13H23NO2. The van der Waals surface area contributed by atoms with E-state index in [1.807, 2.05) is 20.8 Å². The number of nitrogens with zero attached hydrogens (tertiary/aromatic N) is 1. The monoisotopic (exact) mass is 225 g/mol. The Kier molecular flexibility index (Phi) is 2.48. The minimum atomic E-state index is -0.283. The van der Waals surface area contributed by atoms with E-state index in [9.17, 15) is 4.79 Å². The molecule has 3 heteroatoms. The van der Waals surface area contributed by atoms with Crippen LogP contribution in [0.2, 0.25) is 0 Å². The summed E-state index contributed by atoms with van der Waals surface area (Å²) in [7, 11) is 0. The molecule has 0 saturated carbocycles. The number of Topliss-reactive ketones (excluding diaryl/α,β-unsaturated/α-hetero) is 1. The number of rotatable bonds is 1. The lowest BCUT2D eigenvalue weighted by Gasteiger charge is -2.39. The highest BCUT2D eigenvalue weighted by Gasteiger charge is 2.60. The Morgan fingerprint density at radius 1 is 1.19 bits per heavy atom. The van der Waals surface area contributed by atoms with Gasteiger partial charge in [0.05, 0.1) is 12.1 Å². The van der Waals surface area contributed by atoms with Crippen LogP contribution < -0.4 is 0 Å². The zero-order valence-corrected chi connectivity index (χ0v) is 11.2. The average molecular weight is 225 g/mol. The van der Waals surface area contributed by atoms with E-state index in [4.69, 9.17) is 4.74 Å². The average Bonchev–Trinajstić information content (AvgIpc) is 2.73. The van der Waals surface area contributed by atoms with Gasteiger partial charge in [-0.3, -0.25) is 9.69 Å². The van der Waals surface area contributed by atoms with E-state index in [2.05, 4.69) is 25.7 Å². The Balaban J connectivity index is 2.21. The molecule has 0 aromatic carbocycles. The van der Waals surface area contributed by atoms with Crippen LogP contribution in [0.5, 0.6) is 0 Å². The van der Waals surface area contributed by atoms with Crippen molar-refractivity contribution >= 4 is 5.78 Å². The van der Waals surface area contributed by atoms with Crippen molar-refractivity contribution < 1.29 is 9.53 Å². The summed E-state index contributed by atoms with van der Waals surface area (Å²) < 4.78 is 5.54. The second kappa shape index (κ2) is 3.30. The third-order valence-corrected chi connectivity index (χ3v) is 3.51. The van der Waals surface area contributed by atoms with E-state index in [1.54, 1.807) is 0 Å². The van der Waals surface area contributed by atoms with Crippen molar-refractivity contribution in [3.8, 4) is 0 Å². The summed E-state index contributed by atoms with van der Waals surface area (Å²) in [5.41, 5.74) is -0.239. The number of epoxide rings is 1. The lowest BCUT2D eigenvalue weighted by Crippen LogP contribution is -2.53. The molecule has 92 valence electrons. The summed E-state index contributed by atoms with van der Waals surface area (Å²) in [6, 6.07) is -0.0370. The van der Waals surface area contributed by atoms with Gasteiger partial charge in [0.2, 0.25) is 0 Å². The normalized spacial score (nSPS) is 35.0. The number of carbonyl (C=O) groups is 1. The van der Waals surface area contributed by atoms with Crippen LogP contribution in [0.15, 0.2) is 0 Å². The second-order valence-corrected chi connectivity index (χ2v) is 7.02. The summed E-state index contributed by atoms with van der Waals surface area (Å²) >= 11 is 0. The Morgan fingerprint density at radius 2 is 1.75 bits per heavy atom.